The van der Waals surface area contributed by atoms with Gasteiger partial charge in [0.1, 0.15) is 18.7 Å². The smallest absolute Gasteiger partial charge is 0.410 e. The maximum Gasteiger partial charge on any atom is 0.410 e. The Balaban J connectivity index is 2.81. The molecule has 1 aromatic carbocycles. The maximum atomic E-state index is 12.8. The number of rotatable bonds is 8. The molecule has 0 aromatic heterocycles. The first-order chi connectivity index (χ1) is 12.7. The Morgan fingerprint density at radius 2 is 1.63 bits per heavy atom. The molecule has 7 nitrogen and oxygen atoms in total. The molecule has 0 saturated heterocycles. The van der Waals surface area contributed by atoms with Crippen LogP contribution in [0, 0.1) is 11.8 Å². The Bertz CT molecular complexity index is 631. The van der Waals surface area contributed by atoms with E-state index in [0.717, 1.165) is 5.56 Å². The summed E-state index contributed by atoms with van der Waals surface area (Å²) in [5, 5.41) is 2.70. The van der Waals surface area contributed by atoms with Crippen LogP contribution >= 0.6 is 0 Å². The first kappa shape index (κ1) is 22.5. The van der Waals surface area contributed by atoms with Crippen LogP contribution in [0.25, 0.3) is 0 Å². The van der Waals surface area contributed by atoms with Crippen LogP contribution in [0.2, 0.25) is 0 Å². The minimum atomic E-state index is -0.780. The van der Waals surface area contributed by atoms with Gasteiger partial charge in [-0.3, -0.25) is 9.69 Å². The van der Waals surface area contributed by atoms with E-state index >= 15 is 0 Å². The lowest BCUT2D eigenvalue weighted by atomic mass is 9.99. The molecule has 0 fully saturated rings. The van der Waals surface area contributed by atoms with Gasteiger partial charge in [-0.25, -0.2) is 9.59 Å². The molecule has 0 saturated carbocycles. The van der Waals surface area contributed by atoms with Crippen LogP contribution < -0.4 is 5.32 Å². The number of carbonyl (C=O) groups excluding carboxylic acids is 3. The van der Waals surface area contributed by atoms with Gasteiger partial charge in [0.2, 0.25) is 5.91 Å². The van der Waals surface area contributed by atoms with Gasteiger partial charge in [0.05, 0.1) is 7.11 Å². The van der Waals surface area contributed by atoms with Gasteiger partial charge in [-0.1, -0.05) is 58.0 Å². The van der Waals surface area contributed by atoms with Crippen molar-refractivity contribution in [3.63, 3.8) is 0 Å². The quantitative estimate of drug-likeness (QED) is 0.703. The van der Waals surface area contributed by atoms with E-state index in [-0.39, 0.29) is 18.4 Å². The number of hydrogen-bond donors (Lipinski definition) is 1. The van der Waals surface area contributed by atoms with Crippen LogP contribution in [0.5, 0.6) is 0 Å². The molecule has 0 aliphatic heterocycles. The van der Waals surface area contributed by atoms with Gasteiger partial charge in [0.15, 0.2) is 0 Å². The van der Waals surface area contributed by atoms with E-state index in [4.69, 9.17) is 9.47 Å². The molecule has 1 rings (SSSR count). The lowest BCUT2D eigenvalue weighted by molar-refractivity contribution is -0.147. The van der Waals surface area contributed by atoms with Crippen molar-refractivity contribution in [2.24, 2.45) is 11.8 Å². The Morgan fingerprint density at radius 1 is 1.04 bits per heavy atom. The minimum Gasteiger partial charge on any atom is -0.467 e. The molecule has 0 aliphatic carbocycles. The molecule has 0 heterocycles. The van der Waals surface area contributed by atoms with Crippen molar-refractivity contribution in [3.8, 4) is 0 Å². The second-order valence-electron chi connectivity index (χ2n) is 7.09. The fourth-order valence-electron chi connectivity index (χ4n) is 2.72. The van der Waals surface area contributed by atoms with E-state index in [1.54, 1.807) is 0 Å². The molecule has 0 bridgehead atoms. The summed E-state index contributed by atoms with van der Waals surface area (Å²) in [6.07, 6.45) is -0.605. The monoisotopic (exact) mass is 378 g/mol. The standard InChI is InChI=1S/C20H30N2O5/c1-13(2)16(19(24)26-6)21-18(23)17(14(3)4)22(5)20(25)27-12-15-10-8-7-9-11-15/h7-11,13-14,16-17H,12H2,1-6H3,(H,21,23)/t16-,17-/m0/s1. The van der Waals surface area contributed by atoms with Crippen LogP contribution in [0.3, 0.4) is 0 Å². The molecule has 0 aliphatic rings. The maximum absolute atomic E-state index is 12.8. The number of nitrogens with one attached hydrogen (secondary N) is 1. The normalized spacial score (nSPS) is 13.0. The largest absolute Gasteiger partial charge is 0.467 e. The summed E-state index contributed by atoms with van der Waals surface area (Å²) in [6, 6.07) is 7.74. The Labute approximate surface area is 161 Å². The number of amides is 2. The number of nitrogens with zero attached hydrogens (tertiary/aromatic N) is 1. The van der Waals surface area contributed by atoms with Gasteiger partial charge in [0, 0.05) is 7.05 Å². The first-order valence-corrected chi connectivity index (χ1v) is 9.00. The zero-order valence-electron chi connectivity index (χ0n) is 16.9. The number of carbonyl (C=O) groups is 3. The van der Waals surface area contributed by atoms with Crippen molar-refractivity contribution in [2.45, 2.75) is 46.4 Å². The van der Waals surface area contributed by atoms with Crippen molar-refractivity contribution < 1.29 is 23.9 Å². The predicted molar refractivity (Wildman–Crippen MR) is 102 cm³/mol. The average Bonchev–Trinajstić information content (AvgIpc) is 2.63. The summed E-state index contributed by atoms with van der Waals surface area (Å²) < 4.78 is 10.1. The van der Waals surface area contributed by atoms with Crippen LogP contribution in [0.1, 0.15) is 33.3 Å². The van der Waals surface area contributed by atoms with E-state index in [2.05, 4.69) is 5.32 Å². The van der Waals surface area contributed by atoms with Crippen molar-refractivity contribution in [1.29, 1.82) is 0 Å². The topological polar surface area (TPSA) is 84.9 Å². The highest BCUT2D eigenvalue weighted by Gasteiger charge is 2.34. The van der Waals surface area contributed by atoms with Crippen molar-refractivity contribution in [1.82, 2.24) is 10.2 Å². The summed E-state index contributed by atoms with van der Waals surface area (Å²) in [5.74, 6) is -1.27. The molecule has 2 atom stereocenters. The van der Waals surface area contributed by atoms with E-state index < -0.39 is 30.1 Å². The number of ether oxygens (including phenoxy) is 2. The third kappa shape index (κ3) is 6.58. The summed E-state index contributed by atoms with van der Waals surface area (Å²) in [4.78, 5) is 38.3. The fourth-order valence-corrected chi connectivity index (χ4v) is 2.72. The molecule has 0 spiro atoms. The number of likely N-dealkylation sites (N-methyl/N-ethyl adjacent to an activating group) is 1. The molecule has 2 amide bonds. The van der Waals surface area contributed by atoms with Gasteiger partial charge in [-0.15, -0.1) is 0 Å². The molecule has 1 aromatic rings. The van der Waals surface area contributed by atoms with Crippen LogP contribution in [0.15, 0.2) is 30.3 Å². The predicted octanol–water partition coefficient (Wildman–Crippen LogP) is 2.59. The summed E-state index contributed by atoms with van der Waals surface area (Å²) >= 11 is 0. The number of esters is 1. The minimum absolute atomic E-state index is 0.118. The molecular formula is C20H30N2O5. The number of methoxy groups -OCH3 is 1. The second kappa shape index (κ2) is 10.5. The van der Waals surface area contributed by atoms with E-state index in [0.29, 0.717) is 0 Å². The summed E-state index contributed by atoms with van der Waals surface area (Å²) in [5.41, 5.74) is 0.857. The summed E-state index contributed by atoms with van der Waals surface area (Å²) in [7, 11) is 2.79. The average molecular weight is 378 g/mol. The zero-order valence-corrected chi connectivity index (χ0v) is 16.9. The lowest BCUT2D eigenvalue weighted by Gasteiger charge is -2.31. The van der Waals surface area contributed by atoms with Crippen LogP contribution in [0.4, 0.5) is 4.79 Å². The molecule has 0 radical (unpaired) electrons. The van der Waals surface area contributed by atoms with Gasteiger partial charge in [-0.05, 0) is 17.4 Å². The third-order valence-corrected chi connectivity index (χ3v) is 4.23. The highest BCUT2D eigenvalue weighted by atomic mass is 16.6. The van der Waals surface area contributed by atoms with Crippen molar-refractivity contribution in [3.05, 3.63) is 35.9 Å². The highest BCUT2D eigenvalue weighted by Crippen LogP contribution is 2.14. The molecule has 1 N–H and O–H groups in total. The van der Waals surface area contributed by atoms with Crippen molar-refractivity contribution >= 4 is 18.0 Å². The number of hydrogen-bond acceptors (Lipinski definition) is 5. The van der Waals surface area contributed by atoms with Gasteiger partial charge < -0.3 is 14.8 Å². The van der Waals surface area contributed by atoms with Gasteiger partial charge >= 0.3 is 12.1 Å². The lowest BCUT2D eigenvalue weighted by Crippen LogP contribution is -2.55. The molecule has 27 heavy (non-hydrogen) atoms. The SMILES string of the molecule is COC(=O)[C@@H](NC(=O)[C@H](C(C)C)N(C)C(=O)OCc1ccccc1)C(C)C. The van der Waals surface area contributed by atoms with E-state index in [1.807, 2.05) is 58.0 Å². The van der Waals surface area contributed by atoms with Gasteiger partial charge in [0.25, 0.3) is 0 Å². The highest BCUT2D eigenvalue weighted by molar-refractivity contribution is 5.89. The Hall–Kier alpha value is -2.57. The van der Waals surface area contributed by atoms with E-state index in [1.165, 1.54) is 19.1 Å². The van der Waals surface area contributed by atoms with Crippen molar-refractivity contribution in [2.75, 3.05) is 14.2 Å². The summed E-state index contributed by atoms with van der Waals surface area (Å²) in [6.45, 7) is 7.39. The van der Waals surface area contributed by atoms with Crippen LogP contribution in [-0.2, 0) is 25.7 Å². The number of benzene rings is 1. The van der Waals surface area contributed by atoms with E-state index in [9.17, 15) is 14.4 Å². The molecular weight excluding hydrogens is 348 g/mol. The van der Waals surface area contributed by atoms with Gasteiger partial charge in [-0.2, -0.15) is 0 Å². The second-order valence-corrected chi connectivity index (χ2v) is 7.09. The Morgan fingerprint density at radius 3 is 2.11 bits per heavy atom. The Kier molecular flexibility index (Phi) is 8.78. The molecule has 0 unspecified atom stereocenters. The first-order valence-electron chi connectivity index (χ1n) is 9.00. The zero-order chi connectivity index (χ0) is 20.6. The van der Waals surface area contributed by atoms with Crippen LogP contribution in [-0.4, -0.2) is 49.1 Å². The fraction of sp³-hybridized carbons (Fsp3) is 0.550. The molecule has 150 valence electrons. The third-order valence-electron chi connectivity index (χ3n) is 4.23. The molecule has 7 heteroatoms.